The van der Waals surface area contributed by atoms with E-state index in [-0.39, 0.29) is 12.0 Å². The van der Waals surface area contributed by atoms with E-state index in [1.54, 1.807) is 12.1 Å². The summed E-state index contributed by atoms with van der Waals surface area (Å²) >= 11 is 0. The van der Waals surface area contributed by atoms with Gasteiger partial charge in [-0.15, -0.1) is 0 Å². The topological polar surface area (TPSA) is 56.0 Å². The molecule has 0 aliphatic heterocycles. The van der Waals surface area contributed by atoms with E-state index in [9.17, 15) is 0 Å². The first-order chi connectivity index (χ1) is 7.07. The first kappa shape index (κ1) is 11.5. The number of hydrogen-bond acceptors (Lipinski definition) is 3. The van der Waals surface area contributed by atoms with Crippen molar-refractivity contribution in [3.05, 3.63) is 29.8 Å². The SMILES string of the molecule is CC(C)(CO)CNc1ccc(C#N)cc1. The van der Waals surface area contributed by atoms with E-state index in [1.807, 2.05) is 26.0 Å². The molecule has 0 unspecified atom stereocenters. The molecular weight excluding hydrogens is 188 g/mol. The van der Waals surface area contributed by atoms with Gasteiger partial charge in [0.15, 0.2) is 0 Å². The molecule has 1 aromatic rings. The van der Waals surface area contributed by atoms with Gasteiger partial charge in [-0.2, -0.15) is 5.26 Å². The number of hydrogen-bond donors (Lipinski definition) is 2. The van der Waals surface area contributed by atoms with Gasteiger partial charge in [-0.25, -0.2) is 0 Å². The lowest BCUT2D eigenvalue weighted by molar-refractivity contribution is 0.171. The molecule has 80 valence electrons. The second-order valence-corrected chi connectivity index (χ2v) is 4.37. The summed E-state index contributed by atoms with van der Waals surface area (Å²) in [4.78, 5) is 0. The van der Waals surface area contributed by atoms with Crippen molar-refractivity contribution in [1.29, 1.82) is 5.26 Å². The molecule has 1 aromatic carbocycles. The summed E-state index contributed by atoms with van der Waals surface area (Å²) in [7, 11) is 0. The number of nitriles is 1. The van der Waals surface area contributed by atoms with Crippen LogP contribution in [0.2, 0.25) is 0 Å². The van der Waals surface area contributed by atoms with Crippen molar-refractivity contribution >= 4 is 5.69 Å². The summed E-state index contributed by atoms with van der Waals surface area (Å²) in [5, 5.41) is 20.9. The molecular formula is C12H16N2O. The van der Waals surface area contributed by atoms with E-state index in [4.69, 9.17) is 10.4 Å². The monoisotopic (exact) mass is 204 g/mol. The fourth-order valence-electron chi connectivity index (χ4n) is 1.06. The van der Waals surface area contributed by atoms with Crippen LogP contribution in [0, 0.1) is 16.7 Å². The third-order valence-electron chi connectivity index (χ3n) is 2.21. The summed E-state index contributed by atoms with van der Waals surface area (Å²) in [5.41, 5.74) is 1.49. The van der Waals surface area contributed by atoms with Gasteiger partial charge in [0.05, 0.1) is 11.6 Å². The van der Waals surface area contributed by atoms with Gasteiger partial charge in [0.2, 0.25) is 0 Å². The van der Waals surface area contributed by atoms with Gasteiger partial charge in [0, 0.05) is 24.3 Å². The predicted octanol–water partition coefficient (Wildman–Crippen LogP) is 1.99. The molecule has 0 radical (unpaired) electrons. The summed E-state index contributed by atoms with van der Waals surface area (Å²) in [6.45, 7) is 4.83. The van der Waals surface area contributed by atoms with Crippen LogP contribution in [0.4, 0.5) is 5.69 Å². The molecule has 0 spiro atoms. The van der Waals surface area contributed by atoms with Crippen molar-refractivity contribution in [1.82, 2.24) is 0 Å². The van der Waals surface area contributed by atoms with Crippen LogP contribution in [-0.2, 0) is 0 Å². The zero-order valence-electron chi connectivity index (χ0n) is 9.12. The molecule has 0 atom stereocenters. The third-order valence-corrected chi connectivity index (χ3v) is 2.21. The highest BCUT2D eigenvalue weighted by molar-refractivity contribution is 5.47. The Hall–Kier alpha value is -1.53. The molecule has 15 heavy (non-hydrogen) atoms. The largest absolute Gasteiger partial charge is 0.396 e. The quantitative estimate of drug-likeness (QED) is 0.788. The Morgan fingerprint density at radius 2 is 1.93 bits per heavy atom. The molecule has 2 N–H and O–H groups in total. The first-order valence-electron chi connectivity index (χ1n) is 4.92. The molecule has 0 fully saturated rings. The number of nitrogens with zero attached hydrogens (tertiary/aromatic N) is 1. The van der Waals surface area contributed by atoms with E-state index in [0.29, 0.717) is 12.1 Å². The van der Waals surface area contributed by atoms with E-state index in [0.717, 1.165) is 5.69 Å². The van der Waals surface area contributed by atoms with Crippen LogP contribution in [0.25, 0.3) is 0 Å². The number of rotatable bonds is 4. The standard InChI is InChI=1S/C12H16N2O/c1-12(2,9-15)8-14-11-5-3-10(7-13)4-6-11/h3-6,14-15H,8-9H2,1-2H3. The van der Waals surface area contributed by atoms with Crippen molar-refractivity contribution in [3.63, 3.8) is 0 Å². The minimum Gasteiger partial charge on any atom is -0.396 e. The lowest BCUT2D eigenvalue weighted by atomic mass is 9.95. The summed E-state index contributed by atoms with van der Waals surface area (Å²) < 4.78 is 0. The molecule has 0 aromatic heterocycles. The molecule has 0 aliphatic carbocycles. The molecule has 0 heterocycles. The van der Waals surface area contributed by atoms with Crippen molar-refractivity contribution < 1.29 is 5.11 Å². The molecule has 3 heteroatoms. The highest BCUT2D eigenvalue weighted by Gasteiger charge is 2.15. The average molecular weight is 204 g/mol. The Kier molecular flexibility index (Phi) is 3.70. The minimum absolute atomic E-state index is 0.131. The molecule has 0 saturated carbocycles. The van der Waals surface area contributed by atoms with Crippen LogP contribution in [0.3, 0.4) is 0 Å². The lowest BCUT2D eigenvalue weighted by Gasteiger charge is -2.22. The van der Waals surface area contributed by atoms with E-state index in [2.05, 4.69) is 11.4 Å². The Balaban J connectivity index is 2.56. The lowest BCUT2D eigenvalue weighted by Crippen LogP contribution is -2.26. The molecule has 0 saturated heterocycles. The Bertz CT molecular complexity index is 349. The van der Waals surface area contributed by atoms with Crippen LogP contribution < -0.4 is 5.32 Å². The van der Waals surface area contributed by atoms with Gasteiger partial charge >= 0.3 is 0 Å². The zero-order valence-corrected chi connectivity index (χ0v) is 9.12. The van der Waals surface area contributed by atoms with Crippen LogP contribution in [0.15, 0.2) is 24.3 Å². The number of aliphatic hydroxyl groups is 1. The van der Waals surface area contributed by atoms with Gasteiger partial charge < -0.3 is 10.4 Å². The highest BCUT2D eigenvalue weighted by Crippen LogP contribution is 2.16. The van der Waals surface area contributed by atoms with Crippen molar-refractivity contribution in [2.45, 2.75) is 13.8 Å². The summed E-state index contributed by atoms with van der Waals surface area (Å²) in [6, 6.07) is 9.35. The average Bonchev–Trinajstić information content (AvgIpc) is 2.27. The van der Waals surface area contributed by atoms with Crippen LogP contribution in [-0.4, -0.2) is 18.3 Å². The maximum absolute atomic E-state index is 9.07. The number of benzene rings is 1. The van der Waals surface area contributed by atoms with Gasteiger partial charge in [-0.3, -0.25) is 0 Å². The fourth-order valence-corrected chi connectivity index (χ4v) is 1.06. The maximum Gasteiger partial charge on any atom is 0.0991 e. The maximum atomic E-state index is 9.07. The molecule has 1 rings (SSSR count). The van der Waals surface area contributed by atoms with Gasteiger partial charge in [0.1, 0.15) is 0 Å². The van der Waals surface area contributed by atoms with Gasteiger partial charge in [0.25, 0.3) is 0 Å². The van der Waals surface area contributed by atoms with E-state index in [1.165, 1.54) is 0 Å². The molecule has 0 aliphatic rings. The Labute approximate surface area is 90.4 Å². The minimum atomic E-state index is -0.131. The predicted molar refractivity (Wildman–Crippen MR) is 60.5 cm³/mol. The van der Waals surface area contributed by atoms with Crippen LogP contribution >= 0.6 is 0 Å². The fraction of sp³-hybridized carbons (Fsp3) is 0.417. The smallest absolute Gasteiger partial charge is 0.0991 e. The summed E-state index contributed by atoms with van der Waals surface area (Å²) in [5.74, 6) is 0. The molecule has 0 bridgehead atoms. The first-order valence-corrected chi connectivity index (χ1v) is 4.92. The van der Waals surface area contributed by atoms with Crippen molar-refractivity contribution in [2.24, 2.45) is 5.41 Å². The zero-order chi connectivity index (χ0) is 11.3. The number of nitrogens with one attached hydrogen (secondary N) is 1. The van der Waals surface area contributed by atoms with Gasteiger partial charge in [-0.1, -0.05) is 13.8 Å². The van der Waals surface area contributed by atoms with E-state index < -0.39 is 0 Å². The highest BCUT2D eigenvalue weighted by atomic mass is 16.3. The summed E-state index contributed by atoms with van der Waals surface area (Å²) in [6.07, 6.45) is 0. The number of anilines is 1. The second kappa shape index (κ2) is 4.81. The second-order valence-electron chi connectivity index (χ2n) is 4.37. The third kappa shape index (κ3) is 3.61. The Morgan fingerprint density at radius 1 is 1.33 bits per heavy atom. The van der Waals surface area contributed by atoms with Crippen LogP contribution in [0.5, 0.6) is 0 Å². The van der Waals surface area contributed by atoms with Crippen molar-refractivity contribution in [2.75, 3.05) is 18.5 Å². The van der Waals surface area contributed by atoms with Crippen LogP contribution in [0.1, 0.15) is 19.4 Å². The Morgan fingerprint density at radius 3 is 2.40 bits per heavy atom. The van der Waals surface area contributed by atoms with E-state index >= 15 is 0 Å². The number of aliphatic hydroxyl groups excluding tert-OH is 1. The molecule has 0 amide bonds. The van der Waals surface area contributed by atoms with Gasteiger partial charge in [-0.05, 0) is 24.3 Å². The molecule has 3 nitrogen and oxygen atoms in total. The normalized spacial score (nSPS) is 10.8. The van der Waals surface area contributed by atoms with Crippen molar-refractivity contribution in [3.8, 4) is 6.07 Å².